The fourth-order valence-corrected chi connectivity index (χ4v) is 1.93. The van der Waals surface area contributed by atoms with Crippen molar-refractivity contribution in [3.63, 3.8) is 0 Å². The maximum Gasteiger partial charge on any atom is 0.228 e. The molecular weight excluding hydrogens is 273 g/mol. The highest BCUT2D eigenvalue weighted by Gasteiger charge is 2.10. The highest BCUT2D eigenvalue weighted by Crippen LogP contribution is 2.29. The second-order valence-corrected chi connectivity index (χ2v) is 4.39. The Morgan fingerprint density at radius 1 is 1.10 bits per heavy atom. The van der Waals surface area contributed by atoms with Crippen LogP contribution in [-0.4, -0.2) is 20.1 Å². The van der Waals surface area contributed by atoms with Crippen molar-refractivity contribution < 1.29 is 18.7 Å². The summed E-state index contributed by atoms with van der Waals surface area (Å²) >= 11 is 0. The summed E-state index contributed by atoms with van der Waals surface area (Å²) in [5.74, 6) is 0.401. The molecule has 0 radical (unpaired) electrons. The summed E-state index contributed by atoms with van der Waals surface area (Å²) < 4.78 is 23.8. The fourth-order valence-electron chi connectivity index (χ4n) is 1.93. The lowest BCUT2D eigenvalue weighted by Gasteiger charge is -2.10. The van der Waals surface area contributed by atoms with Crippen LogP contribution in [0.1, 0.15) is 5.56 Å². The van der Waals surface area contributed by atoms with Crippen molar-refractivity contribution in [2.24, 2.45) is 0 Å². The van der Waals surface area contributed by atoms with E-state index in [9.17, 15) is 9.18 Å². The predicted molar refractivity (Wildman–Crippen MR) is 78.3 cm³/mol. The van der Waals surface area contributed by atoms with Crippen molar-refractivity contribution in [2.75, 3.05) is 19.5 Å². The van der Waals surface area contributed by atoms with Gasteiger partial charge < -0.3 is 14.8 Å². The molecule has 5 heteroatoms. The summed E-state index contributed by atoms with van der Waals surface area (Å²) in [5, 5.41) is 2.70. The fraction of sp³-hybridized carbons (Fsp3) is 0.188. The van der Waals surface area contributed by atoms with Crippen molar-refractivity contribution >= 4 is 11.6 Å². The largest absolute Gasteiger partial charge is 0.493 e. The minimum atomic E-state index is -0.389. The van der Waals surface area contributed by atoms with Crippen LogP contribution in [0.25, 0.3) is 0 Å². The van der Waals surface area contributed by atoms with Crippen molar-refractivity contribution in [1.82, 2.24) is 0 Å². The topological polar surface area (TPSA) is 47.6 Å². The van der Waals surface area contributed by atoms with Crippen LogP contribution in [0, 0.1) is 5.82 Å². The van der Waals surface area contributed by atoms with Crippen molar-refractivity contribution in [2.45, 2.75) is 6.42 Å². The van der Waals surface area contributed by atoms with Crippen molar-refractivity contribution in [3.05, 3.63) is 53.8 Å². The van der Waals surface area contributed by atoms with Gasteiger partial charge in [0, 0.05) is 11.8 Å². The second kappa shape index (κ2) is 6.74. The van der Waals surface area contributed by atoms with Gasteiger partial charge in [-0.2, -0.15) is 0 Å². The molecule has 0 fully saturated rings. The van der Waals surface area contributed by atoms with E-state index in [0.717, 1.165) is 0 Å². The molecule has 0 saturated heterocycles. The Hall–Kier alpha value is -2.56. The third kappa shape index (κ3) is 3.72. The number of hydrogen-bond acceptors (Lipinski definition) is 3. The van der Waals surface area contributed by atoms with E-state index in [-0.39, 0.29) is 18.1 Å². The van der Waals surface area contributed by atoms with Crippen LogP contribution in [-0.2, 0) is 11.2 Å². The zero-order chi connectivity index (χ0) is 15.2. The average Bonchev–Trinajstić information content (AvgIpc) is 2.49. The van der Waals surface area contributed by atoms with Gasteiger partial charge in [0.05, 0.1) is 20.6 Å². The molecule has 4 nitrogen and oxygen atoms in total. The van der Waals surface area contributed by atoms with Gasteiger partial charge in [-0.1, -0.05) is 18.2 Å². The van der Waals surface area contributed by atoms with E-state index >= 15 is 0 Å². The van der Waals surface area contributed by atoms with E-state index < -0.39 is 0 Å². The van der Waals surface area contributed by atoms with E-state index in [0.29, 0.717) is 22.7 Å². The van der Waals surface area contributed by atoms with Gasteiger partial charge in [-0.25, -0.2) is 4.39 Å². The highest BCUT2D eigenvalue weighted by atomic mass is 19.1. The molecule has 0 unspecified atom stereocenters. The van der Waals surface area contributed by atoms with Gasteiger partial charge in [-0.15, -0.1) is 0 Å². The first-order valence-corrected chi connectivity index (χ1v) is 6.39. The van der Waals surface area contributed by atoms with Crippen LogP contribution in [0.15, 0.2) is 42.5 Å². The lowest BCUT2D eigenvalue weighted by atomic mass is 10.1. The van der Waals surface area contributed by atoms with Crippen molar-refractivity contribution in [1.29, 1.82) is 0 Å². The van der Waals surface area contributed by atoms with Gasteiger partial charge in [0.2, 0.25) is 5.91 Å². The van der Waals surface area contributed by atoms with Crippen LogP contribution >= 0.6 is 0 Å². The molecule has 0 saturated carbocycles. The molecular formula is C16H16FNO3. The van der Waals surface area contributed by atoms with E-state index in [1.807, 2.05) is 0 Å². The number of benzene rings is 2. The standard InChI is InChI=1S/C16H16FNO3/c1-20-14-8-7-12(10-15(14)21-2)18-16(19)9-11-5-3-4-6-13(11)17/h3-8,10H,9H2,1-2H3,(H,18,19). The first-order chi connectivity index (χ1) is 10.1. The number of hydrogen-bond donors (Lipinski definition) is 1. The highest BCUT2D eigenvalue weighted by molar-refractivity contribution is 5.92. The summed E-state index contributed by atoms with van der Waals surface area (Å²) in [6.45, 7) is 0. The number of halogens is 1. The Bertz CT molecular complexity index is 643. The Kier molecular flexibility index (Phi) is 4.77. The van der Waals surface area contributed by atoms with Crippen LogP contribution in [0.3, 0.4) is 0 Å². The molecule has 1 N–H and O–H groups in total. The van der Waals surface area contributed by atoms with Crippen LogP contribution in [0.5, 0.6) is 11.5 Å². The number of nitrogens with one attached hydrogen (secondary N) is 1. The second-order valence-electron chi connectivity index (χ2n) is 4.39. The van der Waals surface area contributed by atoms with E-state index in [1.165, 1.54) is 20.3 Å². The van der Waals surface area contributed by atoms with Crippen LogP contribution in [0.2, 0.25) is 0 Å². The summed E-state index contributed by atoms with van der Waals surface area (Å²) in [4.78, 5) is 11.9. The minimum Gasteiger partial charge on any atom is -0.493 e. The zero-order valence-corrected chi connectivity index (χ0v) is 11.9. The Morgan fingerprint density at radius 2 is 1.81 bits per heavy atom. The van der Waals surface area contributed by atoms with E-state index in [4.69, 9.17) is 9.47 Å². The molecule has 2 aromatic rings. The lowest BCUT2D eigenvalue weighted by molar-refractivity contribution is -0.115. The number of methoxy groups -OCH3 is 2. The number of carbonyl (C=O) groups excluding carboxylic acids is 1. The molecule has 21 heavy (non-hydrogen) atoms. The van der Waals surface area contributed by atoms with E-state index in [1.54, 1.807) is 36.4 Å². The lowest BCUT2D eigenvalue weighted by Crippen LogP contribution is -2.15. The Morgan fingerprint density at radius 3 is 2.48 bits per heavy atom. The molecule has 2 aromatic carbocycles. The SMILES string of the molecule is COc1ccc(NC(=O)Cc2ccccc2F)cc1OC. The number of ether oxygens (including phenoxy) is 2. The molecule has 0 aliphatic rings. The van der Waals surface area contributed by atoms with Gasteiger partial charge in [0.1, 0.15) is 5.82 Å². The van der Waals surface area contributed by atoms with Gasteiger partial charge in [-0.3, -0.25) is 4.79 Å². The molecule has 0 aliphatic heterocycles. The van der Waals surface area contributed by atoms with Crippen molar-refractivity contribution in [3.8, 4) is 11.5 Å². The minimum absolute atomic E-state index is 0.0268. The van der Waals surface area contributed by atoms with Crippen LogP contribution < -0.4 is 14.8 Å². The van der Waals surface area contributed by atoms with Gasteiger partial charge in [0.25, 0.3) is 0 Å². The first kappa shape index (κ1) is 14.8. The smallest absolute Gasteiger partial charge is 0.228 e. The summed E-state index contributed by atoms with van der Waals surface area (Å²) in [7, 11) is 3.05. The molecule has 0 atom stereocenters. The summed E-state index contributed by atoms with van der Waals surface area (Å²) in [5.41, 5.74) is 0.921. The molecule has 0 aromatic heterocycles. The molecule has 0 spiro atoms. The maximum atomic E-state index is 13.5. The third-order valence-corrected chi connectivity index (χ3v) is 2.98. The average molecular weight is 289 g/mol. The van der Waals surface area contributed by atoms with Gasteiger partial charge in [0.15, 0.2) is 11.5 Å². The Labute approximate surface area is 122 Å². The van der Waals surface area contributed by atoms with Gasteiger partial charge in [-0.05, 0) is 23.8 Å². The number of anilines is 1. The summed E-state index contributed by atoms with van der Waals surface area (Å²) in [6, 6.07) is 11.2. The monoisotopic (exact) mass is 289 g/mol. The first-order valence-electron chi connectivity index (χ1n) is 6.39. The predicted octanol–water partition coefficient (Wildman–Crippen LogP) is 3.02. The van der Waals surface area contributed by atoms with Gasteiger partial charge >= 0.3 is 0 Å². The third-order valence-electron chi connectivity index (χ3n) is 2.98. The number of carbonyl (C=O) groups is 1. The quantitative estimate of drug-likeness (QED) is 0.920. The normalized spacial score (nSPS) is 10.0. The molecule has 2 rings (SSSR count). The maximum absolute atomic E-state index is 13.5. The zero-order valence-electron chi connectivity index (χ0n) is 11.9. The van der Waals surface area contributed by atoms with Crippen LogP contribution in [0.4, 0.5) is 10.1 Å². The van der Waals surface area contributed by atoms with E-state index in [2.05, 4.69) is 5.32 Å². The molecule has 0 bridgehead atoms. The Balaban J connectivity index is 2.08. The molecule has 0 heterocycles. The number of rotatable bonds is 5. The number of amides is 1. The molecule has 0 aliphatic carbocycles. The molecule has 1 amide bonds. The molecule has 110 valence electrons. The summed E-state index contributed by atoms with van der Waals surface area (Å²) in [6.07, 6.45) is -0.0268.